The molecule has 2 heterocycles. The molecule has 1 N–H and O–H groups in total. The number of anilines is 1. The van der Waals surface area contributed by atoms with Gasteiger partial charge in [0.2, 0.25) is 24.2 Å². The van der Waals surface area contributed by atoms with Crippen LogP contribution in [0.4, 0.5) is 10.1 Å². The van der Waals surface area contributed by atoms with Crippen molar-refractivity contribution in [2.45, 2.75) is 52.1 Å². The van der Waals surface area contributed by atoms with Gasteiger partial charge >= 0.3 is 0 Å². The maximum Gasteiger partial charge on any atom is 0.250 e. The molecule has 5 aromatic rings. The second-order valence-electron chi connectivity index (χ2n) is 12.9. The SMILES string of the molecule is COc1ccc(COc2c3ncccc3c(N(C)S(C)(=O)=O)c3cn(Cc4ccc(F)cc4O[Si](C)(C)C(C)(C)C)c(O)c23)cc1. The molecule has 0 aliphatic carbocycles. The molecule has 0 amide bonds. The second-order valence-corrected chi connectivity index (χ2v) is 19.7. The summed E-state index contributed by atoms with van der Waals surface area (Å²) in [6.07, 6.45) is 4.40. The van der Waals surface area contributed by atoms with Crippen molar-refractivity contribution in [2.24, 2.45) is 0 Å². The van der Waals surface area contributed by atoms with Crippen LogP contribution in [0, 0.1) is 5.82 Å². The summed E-state index contributed by atoms with van der Waals surface area (Å²) in [6.45, 7) is 10.8. The summed E-state index contributed by atoms with van der Waals surface area (Å²) < 4.78 is 61.3. The van der Waals surface area contributed by atoms with E-state index in [9.17, 15) is 17.9 Å². The van der Waals surface area contributed by atoms with E-state index < -0.39 is 24.2 Å². The van der Waals surface area contributed by atoms with Gasteiger partial charge in [-0.05, 0) is 54.0 Å². The van der Waals surface area contributed by atoms with Gasteiger partial charge in [-0.1, -0.05) is 39.0 Å². The minimum atomic E-state index is -3.72. The summed E-state index contributed by atoms with van der Waals surface area (Å²) in [5.74, 6) is 0.833. The van der Waals surface area contributed by atoms with E-state index in [2.05, 4.69) is 38.8 Å². The van der Waals surface area contributed by atoms with Gasteiger partial charge in [0.25, 0.3) is 0 Å². The normalized spacial score (nSPS) is 12.5. The van der Waals surface area contributed by atoms with Crippen molar-refractivity contribution < 1.29 is 31.8 Å². The number of hydrogen-bond donors (Lipinski definition) is 1. The van der Waals surface area contributed by atoms with Gasteiger partial charge < -0.3 is 23.6 Å². The molecular formula is C34H40FN3O6SSi. The molecule has 5 rings (SSSR count). The Morgan fingerprint density at radius 3 is 2.39 bits per heavy atom. The molecule has 0 fully saturated rings. The minimum absolute atomic E-state index is 0.120. The number of halogens is 1. The van der Waals surface area contributed by atoms with Gasteiger partial charge in [0, 0.05) is 41.8 Å². The molecule has 0 spiro atoms. The van der Waals surface area contributed by atoms with Gasteiger partial charge in [0.05, 0.1) is 31.0 Å². The van der Waals surface area contributed by atoms with Crippen LogP contribution in [-0.4, -0.2) is 51.8 Å². The van der Waals surface area contributed by atoms with E-state index in [0.29, 0.717) is 50.2 Å². The van der Waals surface area contributed by atoms with Crippen molar-refractivity contribution in [3.8, 4) is 23.1 Å². The number of sulfonamides is 1. The van der Waals surface area contributed by atoms with Crippen LogP contribution in [0.1, 0.15) is 31.9 Å². The van der Waals surface area contributed by atoms with Crippen LogP contribution in [0.15, 0.2) is 67.0 Å². The molecule has 46 heavy (non-hydrogen) atoms. The van der Waals surface area contributed by atoms with E-state index in [1.54, 1.807) is 42.3 Å². The molecule has 0 saturated carbocycles. The van der Waals surface area contributed by atoms with E-state index in [-0.39, 0.29) is 24.1 Å². The van der Waals surface area contributed by atoms with Crippen molar-refractivity contribution in [3.63, 3.8) is 0 Å². The Kier molecular flexibility index (Phi) is 8.73. The average Bonchev–Trinajstić information content (AvgIpc) is 3.30. The van der Waals surface area contributed by atoms with E-state index in [0.717, 1.165) is 11.8 Å². The number of fused-ring (bicyclic) bond motifs is 2. The van der Waals surface area contributed by atoms with Crippen molar-refractivity contribution in [3.05, 3.63) is 83.9 Å². The fourth-order valence-corrected chi connectivity index (χ4v) is 6.57. The van der Waals surface area contributed by atoms with E-state index in [1.807, 2.05) is 24.3 Å². The average molecular weight is 666 g/mol. The molecule has 0 saturated heterocycles. The molecule has 9 nitrogen and oxygen atoms in total. The lowest BCUT2D eigenvalue weighted by Crippen LogP contribution is -2.44. The fraction of sp³-hybridized carbons (Fsp3) is 0.324. The van der Waals surface area contributed by atoms with Crippen LogP contribution in [0.25, 0.3) is 21.7 Å². The summed E-state index contributed by atoms with van der Waals surface area (Å²) in [4.78, 5) is 4.57. The summed E-state index contributed by atoms with van der Waals surface area (Å²) in [5, 5.41) is 13.0. The summed E-state index contributed by atoms with van der Waals surface area (Å²) in [7, 11) is -3.00. The molecule has 0 aliphatic rings. The molecule has 2 aromatic heterocycles. The number of aromatic hydroxyl groups is 1. The Balaban J connectivity index is 1.70. The van der Waals surface area contributed by atoms with Gasteiger partial charge in [-0.2, -0.15) is 0 Å². The van der Waals surface area contributed by atoms with Crippen molar-refractivity contribution in [1.82, 2.24) is 9.55 Å². The smallest absolute Gasteiger partial charge is 0.250 e. The largest absolute Gasteiger partial charge is 0.543 e. The maximum atomic E-state index is 14.5. The van der Waals surface area contributed by atoms with Gasteiger partial charge in [-0.25, -0.2) is 12.8 Å². The number of hydrogen-bond acceptors (Lipinski definition) is 7. The highest BCUT2D eigenvalue weighted by Crippen LogP contribution is 2.48. The Bertz CT molecular complexity index is 2020. The number of aromatic nitrogens is 2. The number of rotatable bonds is 10. The minimum Gasteiger partial charge on any atom is -0.543 e. The maximum absolute atomic E-state index is 14.5. The second kappa shape index (κ2) is 12.1. The Hall–Kier alpha value is -4.29. The van der Waals surface area contributed by atoms with E-state index in [4.69, 9.17) is 13.9 Å². The lowest BCUT2D eigenvalue weighted by atomic mass is 10.1. The molecule has 0 bridgehead atoms. The zero-order valence-corrected chi connectivity index (χ0v) is 29.2. The highest BCUT2D eigenvalue weighted by Gasteiger charge is 2.39. The Morgan fingerprint density at radius 1 is 1.07 bits per heavy atom. The van der Waals surface area contributed by atoms with Crippen LogP contribution in [0.5, 0.6) is 23.1 Å². The lowest BCUT2D eigenvalue weighted by molar-refractivity contribution is 0.311. The zero-order chi connectivity index (χ0) is 33.6. The number of benzene rings is 3. The number of methoxy groups -OCH3 is 1. The molecule has 0 atom stereocenters. The molecule has 0 radical (unpaired) electrons. The highest BCUT2D eigenvalue weighted by atomic mass is 32.2. The van der Waals surface area contributed by atoms with E-state index in [1.165, 1.54) is 23.5 Å². The topological polar surface area (TPSA) is 103 Å². The standard InChI is InChI=1S/C34H40FN3O6SSi/c1-34(2,3)46(7,8)44-28-18-24(35)14-13-23(28)19-38-20-27-29(33(38)39)32(43-21-22-11-15-25(42-5)16-12-22)30-26(10-9-17-36-30)31(27)37(4)45(6,40)41/h9-18,20,39H,19,21H2,1-8H3. The van der Waals surface area contributed by atoms with Crippen molar-refractivity contribution >= 4 is 45.7 Å². The highest BCUT2D eigenvalue weighted by molar-refractivity contribution is 7.92. The third kappa shape index (κ3) is 6.36. The van der Waals surface area contributed by atoms with Crippen LogP contribution < -0.4 is 18.2 Å². The van der Waals surface area contributed by atoms with Gasteiger partial charge in [-0.3, -0.25) is 9.29 Å². The third-order valence-corrected chi connectivity index (χ3v) is 14.2. The van der Waals surface area contributed by atoms with Gasteiger partial charge in [-0.15, -0.1) is 0 Å². The quantitative estimate of drug-likeness (QED) is 0.155. The molecule has 244 valence electrons. The van der Waals surface area contributed by atoms with Crippen molar-refractivity contribution in [2.75, 3.05) is 24.7 Å². The predicted molar refractivity (Wildman–Crippen MR) is 183 cm³/mol. The first kappa shape index (κ1) is 33.1. The van der Waals surface area contributed by atoms with Crippen LogP contribution in [0.2, 0.25) is 18.1 Å². The van der Waals surface area contributed by atoms with Crippen LogP contribution in [-0.2, 0) is 23.2 Å². The Labute approximate surface area is 270 Å². The lowest BCUT2D eigenvalue weighted by Gasteiger charge is -2.37. The summed E-state index contributed by atoms with van der Waals surface area (Å²) >= 11 is 0. The first-order chi connectivity index (χ1) is 21.5. The van der Waals surface area contributed by atoms with Crippen LogP contribution in [0.3, 0.4) is 0 Å². The molecule has 0 unspecified atom stereocenters. The van der Waals surface area contributed by atoms with Gasteiger partial charge in [0.1, 0.15) is 29.4 Å². The van der Waals surface area contributed by atoms with Gasteiger partial charge in [0.15, 0.2) is 5.75 Å². The molecule has 12 heteroatoms. The first-order valence-electron chi connectivity index (χ1n) is 14.8. The zero-order valence-electron chi connectivity index (χ0n) is 27.4. The summed E-state index contributed by atoms with van der Waals surface area (Å²) in [6, 6.07) is 15.3. The molecule has 0 aliphatic heterocycles. The number of nitrogens with zero attached hydrogens (tertiary/aromatic N) is 3. The van der Waals surface area contributed by atoms with E-state index >= 15 is 0 Å². The van der Waals surface area contributed by atoms with Crippen LogP contribution >= 0.6 is 0 Å². The molecular weight excluding hydrogens is 626 g/mol. The predicted octanol–water partition coefficient (Wildman–Crippen LogP) is 7.45. The monoisotopic (exact) mass is 665 g/mol. The summed E-state index contributed by atoms with van der Waals surface area (Å²) in [5.41, 5.74) is 2.25. The Morgan fingerprint density at radius 2 is 1.76 bits per heavy atom. The first-order valence-corrected chi connectivity index (χ1v) is 19.6. The number of ether oxygens (including phenoxy) is 2. The fourth-order valence-electron chi connectivity index (χ4n) is 5.00. The number of pyridine rings is 1. The third-order valence-electron chi connectivity index (χ3n) is 8.71. The van der Waals surface area contributed by atoms with Crippen molar-refractivity contribution in [1.29, 1.82) is 0 Å². The molecule has 3 aromatic carbocycles.